The lowest BCUT2D eigenvalue weighted by molar-refractivity contribution is 0.194. The molecule has 1 heterocycles. The Morgan fingerprint density at radius 1 is 1.31 bits per heavy atom. The molecule has 1 aliphatic rings. The zero-order valence-electron chi connectivity index (χ0n) is 10.8. The Kier molecular flexibility index (Phi) is 3.07. The third kappa shape index (κ3) is 2.15. The van der Waals surface area contributed by atoms with Crippen LogP contribution in [0.1, 0.15) is 44.2 Å². The van der Waals surface area contributed by atoms with Crippen molar-refractivity contribution in [2.24, 2.45) is 5.41 Å². The molecule has 1 nitrogen and oxygen atoms in total. The van der Waals surface area contributed by atoms with Crippen molar-refractivity contribution in [3.05, 3.63) is 35.4 Å². The van der Waals surface area contributed by atoms with Gasteiger partial charge < -0.3 is 4.74 Å². The first-order valence-corrected chi connectivity index (χ1v) is 6.24. The summed E-state index contributed by atoms with van der Waals surface area (Å²) in [4.78, 5) is 0. The highest BCUT2D eigenvalue weighted by Crippen LogP contribution is 2.45. The molecule has 2 rings (SSSR count). The predicted molar refractivity (Wildman–Crippen MR) is 67.7 cm³/mol. The number of benzene rings is 1. The van der Waals surface area contributed by atoms with E-state index in [9.17, 15) is 0 Å². The Morgan fingerprint density at radius 2 is 1.88 bits per heavy atom. The van der Waals surface area contributed by atoms with Gasteiger partial charge in [-0.05, 0) is 24.8 Å². The third-order valence-electron chi connectivity index (χ3n) is 3.95. The van der Waals surface area contributed by atoms with Gasteiger partial charge in [-0.1, -0.05) is 50.6 Å². The Hall–Kier alpha value is -0.820. The average molecular weight is 218 g/mol. The second kappa shape index (κ2) is 4.21. The lowest BCUT2D eigenvalue weighted by Gasteiger charge is -2.33. The van der Waals surface area contributed by atoms with Gasteiger partial charge in [-0.3, -0.25) is 0 Å². The van der Waals surface area contributed by atoms with Crippen LogP contribution in [0.4, 0.5) is 0 Å². The minimum Gasteiger partial charge on any atom is -0.373 e. The van der Waals surface area contributed by atoms with E-state index >= 15 is 0 Å². The lowest BCUT2D eigenvalue weighted by atomic mass is 9.71. The highest BCUT2D eigenvalue weighted by molar-refractivity contribution is 5.26. The fraction of sp³-hybridized carbons (Fsp3) is 0.600. The van der Waals surface area contributed by atoms with Crippen molar-refractivity contribution in [2.45, 2.75) is 46.1 Å². The largest absolute Gasteiger partial charge is 0.373 e. The van der Waals surface area contributed by atoms with Gasteiger partial charge >= 0.3 is 0 Å². The topological polar surface area (TPSA) is 12.5 Å². The predicted octanol–water partition coefficient (Wildman–Crippen LogP) is 3.91. The minimum absolute atomic E-state index is 0.254. The lowest BCUT2D eigenvalue weighted by Crippen LogP contribution is -2.27. The van der Waals surface area contributed by atoms with Gasteiger partial charge in [0, 0.05) is 5.41 Å². The zero-order chi connectivity index (χ0) is 11.8. The summed E-state index contributed by atoms with van der Waals surface area (Å²) >= 11 is 0. The number of hydrogen-bond donors (Lipinski definition) is 0. The highest BCUT2D eigenvalue weighted by Gasteiger charge is 2.44. The summed E-state index contributed by atoms with van der Waals surface area (Å²) in [7, 11) is 0. The molecule has 0 aliphatic carbocycles. The molecule has 1 saturated heterocycles. The molecule has 0 aromatic heterocycles. The van der Waals surface area contributed by atoms with Crippen molar-refractivity contribution < 1.29 is 4.74 Å². The number of aryl methyl sites for hydroxylation is 1. The van der Waals surface area contributed by atoms with Crippen LogP contribution >= 0.6 is 0 Å². The second-order valence-corrected chi connectivity index (χ2v) is 5.51. The summed E-state index contributed by atoms with van der Waals surface area (Å²) in [6.07, 6.45) is 1.63. The van der Waals surface area contributed by atoms with Gasteiger partial charge in [-0.2, -0.15) is 0 Å². The molecule has 0 saturated carbocycles. The molecule has 0 N–H and O–H groups in total. The molecule has 1 heteroatoms. The van der Waals surface area contributed by atoms with E-state index in [1.165, 1.54) is 17.5 Å². The molecule has 2 atom stereocenters. The van der Waals surface area contributed by atoms with Crippen molar-refractivity contribution in [3.8, 4) is 0 Å². The third-order valence-corrected chi connectivity index (χ3v) is 3.95. The number of ether oxygens (including phenoxy) is 1. The molecule has 1 aromatic rings. The van der Waals surface area contributed by atoms with Crippen LogP contribution in [0.2, 0.25) is 0 Å². The molecule has 0 amide bonds. The van der Waals surface area contributed by atoms with Crippen LogP contribution in [0.5, 0.6) is 0 Å². The van der Waals surface area contributed by atoms with E-state index in [0.717, 1.165) is 6.61 Å². The summed E-state index contributed by atoms with van der Waals surface area (Å²) in [5, 5.41) is 0. The van der Waals surface area contributed by atoms with Crippen LogP contribution < -0.4 is 0 Å². The van der Waals surface area contributed by atoms with Gasteiger partial charge in [-0.15, -0.1) is 0 Å². The van der Waals surface area contributed by atoms with Gasteiger partial charge in [0.2, 0.25) is 0 Å². The molecule has 1 aromatic carbocycles. The Labute approximate surface area is 98.8 Å². The van der Waals surface area contributed by atoms with Crippen molar-refractivity contribution >= 4 is 0 Å². The van der Waals surface area contributed by atoms with Gasteiger partial charge in [0.05, 0.1) is 12.7 Å². The highest BCUT2D eigenvalue weighted by atomic mass is 16.6. The molecule has 0 bridgehead atoms. The monoisotopic (exact) mass is 218 g/mol. The molecule has 2 unspecified atom stereocenters. The molecule has 1 fully saturated rings. The van der Waals surface area contributed by atoms with Crippen LogP contribution in [0.25, 0.3) is 0 Å². The van der Waals surface area contributed by atoms with Gasteiger partial charge in [0.1, 0.15) is 0 Å². The summed E-state index contributed by atoms with van der Waals surface area (Å²) < 4.78 is 5.50. The first kappa shape index (κ1) is 11.7. The Morgan fingerprint density at radius 3 is 2.31 bits per heavy atom. The molecule has 0 radical (unpaired) electrons. The van der Waals surface area contributed by atoms with Crippen LogP contribution in [-0.4, -0.2) is 12.7 Å². The maximum atomic E-state index is 5.50. The van der Waals surface area contributed by atoms with Gasteiger partial charge in [0.25, 0.3) is 0 Å². The summed E-state index contributed by atoms with van der Waals surface area (Å²) in [5.74, 6) is 0.598. The van der Waals surface area contributed by atoms with E-state index in [1.54, 1.807) is 0 Å². The SMILES string of the molecule is CCC(c1ccc(C)cc1)C(C)(C)C1CO1. The number of hydrogen-bond acceptors (Lipinski definition) is 1. The van der Waals surface area contributed by atoms with Crippen molar-refractivity contribution in [1.29, 1.82) is 0 Å². The van der Waals surface area contributed by atoms with Crippen molar-refractivity contribution in [2.75, 3.05) is 6.61 Å². The minimum atomic E-state index is 0.254. The maximum Gasteiger partial charge on any atom is 0.0866 e. The number of rotatable bonds is 4. The van der Waals surface area contributed by atoms with Gasteiger partial charge in [0.15, 0.2) is 0 Å². The fourth-order valence-corrected chi connectivity index (χ4v) is 2.69. The van der Waals surface area contributed by atoms with Crippen LogP contribution in [0.15, 0.2) is 24.3 Å². The van der Waals surface area contributed by atoms with Crippen LogP contribution in [0, 0.1) is 12.3 Å². The van der Waals surface area contributed by atoms with Crippen LogP contribution in [0.3, 0.4) is 0 Å². The van der Waals surface area contributed by atoms with E-state index in [2.05, 4.69) is 52.0 Å². The fourth-order valence-electron chi connectivity index (χ4n) is 2.69. The summed E-state index contributed by atoms with van der Waals surface area (Å²) in [6, 6.07) is 8.96. The first-order chi connectivity index (χ1) is 7.55. The van der Waals surface area contributed by atoms with Crippen molar-refractivity contribution in [1.82, 2.24) is 0 Å². The van der Waals surface area contributed by atoms with Crippen molar-refractivity contribution in [3.63, 3.8) is 0 Å². The first-order valence-electron chi connectivity index (χ1n) is 6.24. The van der Waals surface area contributed by atoms with E-state index in [-0.39, 0.29) is 5.41 Å². The maximum absolute atomic E-state index is 5.50. The molecule has 16 heavy (non-hydrogen) atoms. The Balaban J connectivity index is 2.24. The zero-order valence-corrected chi connectivity index (χ0v) is 10.8. The molecular formula is C15H22O. The number of epoxide rings is 1. The van der Waals surface area contributed by atoms with E-state index in [4.69, 9.17) is 4.74 Å². The summed E-state index contributed by atoms with van der Waals surface area (Å²) in [6.45, 7) is 10.0. The normalized spacial score (nSPS) is 21.9. The van der Waals surface area contributed by atoms with E-state index in [0.29, 0.717) is 12.0 Å². The molecule has 88 valence electrons. The van der Waals surface area contributed by atoms with Crippen LogP contribution in [-0.2, 0) is 4.74 Å². The quantitative estimate of drug-likeness (QED) is 0.698. The average Bonchev–Trinajstić information content (AvgIpc) is 3.05. The molecular weight excluding hydrogens is 196 g/mol. The smallest absolute Gasteiger partial charge is 0.0866 e. The van der Waals surface area contributed by atoms with E-state index in [1.807, 2.05) is 0 Å². The standard InChI is InChI=1S/C15H22O/c1-5-13(15(3,4)14-10-16-14)12-8-6-11(2)7-9-12/h6-9,13-14H,5,10H2,1-4H3. The van der Waals surface area contributed by atoms with E-state index < -0.39 is 0 Å². The Bertz CT molecular complexity index is 346. The second-order valence-electron chi connectivity index (χ2n) is 5.51. The molecule has 0 spiro atoms. The summed E-state index contributed by atoms with van der Waals surface area (Å²) in [5.41, 5.74) is 3.04. The molecule has 1 aliphatic heterocycles. The van der Waals surface area contributed by atoms with Gasteiger partial charge in [-0.25, -0.2) is 0 Å².